The Morgan fingerprint density at radius 2 is 1.82 bits per heavy atom. The lowest BCUT2D eigenvalue weighted by molar-refractivity contribution is -0.137. The molecule has 1 atom stereocenters. The van der Waals surface area contributed by atoms with Crippen LogP contribution >= 0.6 is 0 Å². The molecule has 2 aromatic carbocycles. The van der Waals surface area contributed by atoms with Crippen molar-refractivity contribution in [3.05, 3.63) is 95.6 Å². The number of aromatic nitrogens is 2. The van der Waals surface area contributed by atoms with E-state index >= 15 is 0 Å². The number of amides is 1. The molecule has 8 heteroatoms. The van der Waals surface area contributed by atoms with Crippen molar-refractivity contribution in [1.82, 2.24) is 20.2 Å². The number of rotatable bonds is 6. The molecular formula is C25H25F3N4O. The van der Waals surface area contributed by atoms with Crippen LogP contribution in [0.3, 0.4) is 0 Å². The van der Waals surface area contributed by atoms with Gasteiger partial charge in [-0.1, -0.05) is 48.5 Å². The first-order chi connectivity index (χ1) is 15.9. The minimum absolute atomic E-state index is 0.0479. The van der Waals surface area contributed by atoms with Crippen LogP contribution in [0.2, 0.25) is 0 Å². The molecule has 1 saturated heterocycles. The van der Waals surface area contributed by atoms with Gasteiger partial charge in [0.1, 0.15) is 0 Å². The monoisotopic (exact) mass is 454 g/mol. The van der Waals surface area contributed by atoms with Gasteiger partial charge in [-0.05, 0) is 43.1 Å². The number of hydrogen-bond acceptors (Lipinski definition) is 4. The molecule has 0 bridgehead atoms. The van der Waals surface area contributed by atoms with E-state index in [4.69, 9.17) is 0 Å². The average Bonchev–Trinajstić information content (AvgIpc) is 2.83. The Kier molecular flexibility index (Phi) is 7.03. The molecule has 1 fully saturated rings. The molecule has 0 spiro atoms. The molecule has 0 saturated carbocycles. The Labute approximate surface area is 190 Å². The summed E-state index contributed by atoms with van der Waals surface area (Å²) in [5, 5.41) is 3.12. The molecule has 0 aliphatic carbocycles. The van der Waals surface area contributed by atoms with Crippen molar-refractivity contribution < 1.29 is 18.0 Å². The summed E-state index contributed by atoms with van der Waals surface area (Å²) in [6.07, 6.45) is 1.78. The maximum absolute atomic E-state index is 13.1. The van der Waals surface area contributed by atoms with Gasteiger partial charge in [0.15, 0.2) is 0 Å². The summed E-state index contributed by atoms with van der Waals surface area (Å²) in [6.45, 7) is 1.73. The minimum atomic E-state index is -4.35. The summed E-state index contributed by atoms with van der Waals surface area (Å²) in [6, 6.07) is 14.7. The predicted octanol–water partition coefficient (Wildman–Crippen LogP) is 4.61. The van der Waals surface area contributed by atoms with E-state index in [-0.39, 0.29) is 11.8 Å². The number of nitrogens with zero attached hydrogens (tertiary/aromatic N) is 3. The van der Waals surface area contributed by atoms with Gasteiger partial charge in [-0.2, -0.15) is 13.2 Å². The van der Waals surface area contributed by atoms with Crippen LogP contribution < -0.4 is 5.32 Å². The van der Waals surface area contributed by atoms with Gasteiger partial charge in [-0.15, -0.1) is 0 Å². The minimum Gasteiger partial charge on any atom is -0.343 e. The SMILES string of the molecule is O=C(NC(c1ccccc1)c1cnccn1)C1CCN(Cc2cccc(C(F)(F)F)c2)CC1. The van der Waals surface area contributed by atoms with Crippen LogP contribution in [0.5, 0.6) is 0 Å². The second-order valence-corrected chi connectivity index (χ2v) is 8.23. The van der Waals surface area contributed by atoms with Gasteiger partial charge in [0.2, 0.25) is 5.91 Å². The van der Waals surface area contributed by atoms with E-state index in [9.17, 15) is 18.0 Å². The van der Waals surface area contributed by atoms with Crippen LogP contribution in [0.25, 0.3) is 0 Å². The van der Waals surface area contributed by atoms with E-state index in [0.717, 1.165) is 11.6 Å². The van der Waals surface area contributed by atoms with Crippen molar-refractivity contribution in [2.45, 2.75) is 31.6 Å². The number of halogens is 3. The third kappa shape index (κ3) is 5.96. The van der Waals surface area contributed by atoms with Gasteiger partial charge >= 0.3 is 6.18 Å². The van der Waals surface area contributed by atoms with Gasteiger partial charge < -0.3 is 5.32 Å². The average molecular weight is 454 g/mol. The molecule has 172 valence electrons. The third-order valence-corrected chi connectivity index (χ3v) is 5.92. The van der Waals surface area contributed by atoms with E-state index in [1.54, 1.807) is 24.7 Å². The highest BCUT2D eigenvalue weighted by molar-refractivity contribution is 5.79. The highest BCUT2D eigenvalue weighted by Crippen LogP contribution is 2.30. The molecule has 4 rings (SSSR count). The lowest BCUT2D eigenvalue weighted by atomic mass is 9.94. The molecule has 33 heavy (non-hydrogen) atoms. The summed E-state index contributed by atoms with van der Waals surface area (Å²) in [5.74, 6) is -0.209. The fourth-order valence-electron chi connectivity index (χ4n) is 4.15. The van der Waals surface area contributed by atoms with Gasteiger partial charge in [-0.25, -0.2) is 0 Å². The Balaban J connectivity index is 1.37. The molecule has 2 heterocycles. The molecule has 1 aromatic heterocycles. The number of carbonyl (C=O) groups excluding carboxylic acids is 1. The smallest absolute Gasteiger partial charge is 0.343 e. The number of nitrogens with one attached hydrogen (secondary N) is 1. The van der Waals surface area contributed by atoms with E-state index < -0.39 is 17.8 Å². The van der Waals surface area contributed by atoms with E-state index in [1.165, 1.54) is 12.1 Å². The Bertz CT molecular complexity index is 1010. The fraction of sp³-hybridized carbons (Fsp3) is 0.320. The molecule has 1 aliphatic rings. The van der Waals surface area contributed by atoms with Crippen molar-refractivity contribution in [3.63, 3.8) is 0 Å². The van der Waals surface area contributed by atoms with Crippen molar-refractivity contribution in [1.29, 1.82) is 0 Å². The van der Waals surface area contributed by atoms with E-state index in [1.807, 2.05) is 30.3 Å². The Morgan fingerprint density at radius 1 is 1.06 bits per heavy atom. The first kappa shape index (κ1) is 22.9. The maximum atomic E-state index is 13.1. The van der Waals surface area contributed by atoms with Crippen LogP contribution in [0, 0.1) is 5.92 Å². The third-order valence-electron chi connectivity index (χ3n) is 5.92. The zero-order valence-electron chi connectivity index (χ0n) is 18.0. The van der Waals surface area contributed by atoms with Gasteiger partial charge in [0.05, 0.1) is 23.5 Å². The highest BCUT2D eigenvalue weighted by atomic mass is 19.4. The molecule has 1 amide bonds. The number of piperidine rings is 1. The number of hydrogen-bond donors (Lipinski definition) is 1. The van der Waals surface area contributed by atoms with Crippen LogP contribution in [-0.4, -0.2) is 33.9 Å². The molecule has 1 unspecified atom stereocenters. The standard InChI is InChI=1S/C25H25F3N4O/c26-25(27,28)21-8-4-5-18(15-21)17-32-13-9-20(10-14-32)24(33)31-23(19-6-2-1-3-7-19)22-16-29-11-12-30-22/h1-8,11-12,15-16,20,23H,9-10,13-14,17H2,(H,31,33). The highest BCUT2D eigenvalue weighted by Gasteiger charge is 2.31. The normalized spacial score (nSPS) is 16.3. The number of benzene rings is 2. The zero-order valence-corrected chi connectivity index (χ0v) is 18.0. The molecule has 5 nitrogen and oxygen atoms in total. The van der Waals surface area contributed by atoms with Gasteiger partial charge in [-0.3, -0.25) is 19.7 Å². The predicted molar refractivity (Wildman–Crippen MR) is 118 cm³/mol. The first-order valence-corrected chi connectivity index (χ1v) is 10.9. The molecule has 0 radical (unpaired) electrons. The second-order valence-electron chi connectivity index (χ2n) is 8.23. The Hall–Kier alpha value is -3.26. The number of carbonyl (C=O) groups is 1. The van der Waals surface area contributed by atoms with E-state index in [2.05, 4.69) is 20.2 Å². The van der Waals surface area contributed by atoms with Crippen molar-refractivity contribution >= 4 is 5.91 Å². The van der Waals surface area contributed by atoms with Crippen molar-refractivity contribution in [2.24, 2.45) is 5.92 Å². The summed E-state index contributed by atoms with van der Waals surface area (Å²) >= 11 is 0. The largest absolute Gasteiger partial charge is 0.416 e. The first-order valence-electron chi connectivity index (χ1n) is 10.9. The second kappa shape index (κ2) is 10.1. The maximum Gasteiger partial charge on any atom is 0.416 e. The van der Waals surface area contributed by atoms with Gasteiger partial charge in [0.25, 0.3) is 0 Å². The zero-order chi connectivity index (χ0) is 23.3. The van der Waals surface area contributed by atoms with Crippen LogP contribution in [0.4, 0.5) is 13.2 Å². The summed E-state index contributed by atoms with van der Waals surface area (Å²) < 4.78 is 38.9. The van der Waals surface area contributed by atoms with Crippen LogP contribution in [0.15, 0.2) is 73.2 Å². The fourth-order valence-corrected chi connectivity index (χ4v) is 4.15. The van der Waals surface area contributed by atoms with Crippen molar-refractivity contribution in [3.8, 4) is 0 Å². The molecule has 3 aromatic rings. The Morgan fingerprint density at radius 3 is 2.48 bits per heavy atom. The lowest BCUT2D eigenvalue weighted by Gasteiger charge is -2.32. The van der Waals surface area contributed by atoms with Crippen LogP contribution in [0.1, 0.15) is 41.3 Å². The topological polar surface area (TPSA) is 58.1 Å². The van der Waals surface area contributed by atoms with Crippen molar-refractivity contribution in [2.75, 3.05) is 13.1 Å². The molecular weight excluding hydrogens is 429 g/mol. The number of likely N-dealkylation sites (tertiary alicyclic amines) is 1. The quantitative estimate of drug-likeness (QED) is 0.591. The molecule has 1 N–H and O–H groups in total. The number of alkyl halides is 3. The summed E-state index contributed by atoms with van der Waals surface area (Å²) in [4.78, 5) is 23.7. The lowest BCUT2D eigenvalue weighted by Crippen LogP contribution is -2.41. The van der Waals surface area contributed by atoms with Gasteiger partial charge in [0, 0.05) is 24.9 Å². The van der Waals surface area contributed by atoms with Crippen LogP contribution in [-0.2, 0) is 17.5 Å². The molecule has 1 aliphatic heterocycles. The summed E-state index contributed by atoms with van der Waals surface area (Å²) in [5.41, 5.74) is 1.58. The summed E-state index contributed by atoms with van der Waals surface area (Å²) in [7, 11) is 0. The van der Waals surface area contributed by atoms with E-state index in [0.29, 0.717) is 43.7 Å².